The Morgan fingerprint density at radius 2 is 2.04 bits per heavy atom. The fourth-order valence-corrected chi connectivity index (χ4v) is 3.94. The first kappa shape index (κ1) is 15.9. The van der Waals surface area contributed by atoms with E-state index in [2.05, 4.69) is 34.6 Å². The van der Waals surface area contributed by atoms with Crippen molar-refractivity contribution in [1.82, 2.24) is 10.2 Å². The summed E-state index contributed by atoms with van der Waals surface area (Å²) >= 11 is 1.64. The van der Waals surface area contributed by atoms with Crippen LogP contribution in [0.25, 0.3) is 0 Å². The van der Waals surface area contributed by atoms with E-state index < -0.39 is 0 Å². The molecule has 3 rings (SSSR count). The minimum atomic E-state index is -0.135. The maximum atomic E-state index is 12.1. The summed E-state index contributed by atoms with van der Waals surface area (Å²) in [6.45, 7) is 6.72. The third-order valence-electron chi connectivity index (χ3n) is 3.86. The van der Waals surface area contributed by atoms with E-state index in [1.165, 1.54) is 0 Å². The van der Waals surface area contributed by atoms with Crippen molar-refractivity contribution in [2.45, 2.75) is 37.7 Å². The summed E-state index contributed by atoms with van der Waals surface area (Å²) in [7, 11) is 0. The molecular formula is C17H21N3O2S. The first-order chi connectivity index (χ1) is 11.1. The lowest BCUT2D eigenvalue weighted by molar-refractivity contribution is -0.115. The first-order valence-corrected chi connectivity index (χ1v) is 8.78. The van der Waals surface area contributed by atoms with Crippen molar-refractivity contribution in [3.8, 4) is 5.75 Å². The van der Waals surface area contributed by atoms with Crippen LogP contribution in [-0.4, -0.2) is 28.0 Å². The lowest BCUT2D eigenvalue weighted by Gasteiger charge is -2.18. The molecule has 2 aromatic rings. The van der Waals surface area contributed by atoms with Crippen molar-refractivity contribution in [1.29, 1.82) is 0 Å². The summed E-state index contributed by atoms with van der Waals surface area (Å²) in [5.41, 5.74) is 3.18. The Labute approximate surface area is 140 Å². The van der Waals surface area contributed by atoms with Crippen LogP contribution in [0.3, 0.4) is 0 Å². The van der Waals surface area contributed by atoms with Gasteiger partial charge in [0, 0.05) is 11.3 Å². The Balaban J connectivity index is 1.94. The van der Waals surface area contributed by atoms with E-state index in [4.69, 9.17) is 4.74 Å². The SMILES string of the molecule is CCCOc1ccc([C@@H]2S[C@@H](C)C(=O)Nc3n[nH]c(C)c32)cc1. The normalized spacial score (nSPS) is 20.6. The zero-order chi connectivity index (χ0) is 16.4. The molecule has 2 heterocycles. The van der Waals surface area contributed by atoms with Gasteiger partial charge in [-0.05, 0) is 38.0 Å². The van der Waals surface area contributed by atoms with Crippen molar-refractivity contribution in [3.63, 3.8) is 0 Å². The van der Waals surface area contributed by atoms with Gasteiger partial charge in [-0.3, -0.25) is 9.89 Å². The van der Waals surface area contributed by atoms with Crippen LogP contribution >= 0.6 is 11.8 Å². The number of aromatic nitrogens is 2. The molecule has 1 amide bonds. The van der Waals surface area contributed by atoms with Gasteiger partial charge in [-0.1, -0.05) is 19.1 Å². The van der Waals surface area contributed by atoms with Crippen molar-refractivity contribution >= 4 is 23.5 Å². The van der Waals surface area contributed by atoms with Gasteiger partial charge in [0.05, 0.1) is 17.1 Å². The van der Waals surface area contributed by atoms with Gasteiger partial charge >= 0.3 is 0 Å². The van der Waals surface area contributed by atoms with E-state index in [1.807, 2.05) is 26.0 Å². The van der Waals surface area contributed by atoms with Crippen LogP contribution in [0.5, 0.6) is 5.75 Å². The number of benzene rings is 1. The monoisotopic (exact) mass is 331 g/mol. The zero-order valence-corrected chi connectivity index (χ0v) is 14.4. The molecular weight excluding hydrogens is 310 g/mol. The Bertz CT molecular complexity index is 696. The van der Waals surface area contributed by atoms with Gasteiger partial charge < -0.3 is 10.1 Å². The number of rotatable bonds is 4. The quantitative estimate of drug-likeness (QED) is 0.897. The number of amides is 1. The second-order valence-corrected chi connectivity index (χ2v) is 7.13. The highest BCUT2D eigenvalue weighted by molar-refractivity contribution is 8.01. The number of ether oxygens (including phenoxy) is 1. The van der Waals surface area contributed by atoms with Gasteiger partial charge in [-0.25, -0.2) is 0 Å². The van der Waals surface area contributed by atoms with E-state index in [9.17, 15) is 4.79 Å². The fraction of sp³-hybridized carbons (Fsp3) is 0.412. The number of carbonyl (C=O) groups is 1. The van der Waals surface area contributed by atoms with Gasteiger partial charge in [0.1, 0.15) is 5.75 Å². The molecule has 2 atom stereocenters. The number of H-pyrrole nitrogens is 1. The standard InChI is InChI=1S/C17H21N3O2S/c1-4-9-22-13-7-5-12(6-8-13)15-14-10(2)19-20-16(14)18-17(21)11(3)23-15/h5-8,11,15H,4,9H2,1-3H3,(H2,18,19,20,21)/t11-,15-/m0/s1. The fourth-order valence-electron chi connectivity index (χ4n) is 2.61. The summed E-state index contributed by atoms with van der Waals surface area (Å²) in [6, 6.07) is 8.12. The lowest BCUT2D eigenvalue weighted by atomic mass is 10.0. The zero-order valence-electron chi connectivity index (χ0n) is 13.6. The predicted molar refractivity (Wildman–Crippen MR) is 93.1 cm³/mol. The van der Waals surface area contributed by atoms with E-state index >= 15 is 0 Å². The Morgan fingerprint density at radius 1 is 1.30 bits per heavy atom. The molecule has 0 saturated carbocycles. The molecule has 0 fully saturated rings. The highest BCUT2D eigenvalue weighted by Gasteiger charge is 2.32. The minimum Gasteiger partial charge on any atom is -0.494 e. The number of hydrogen-bond acceptors (Lipinski definition) is 4. The second kappa shape index (κ2) is 6.66. The Kier molecular flexibility index (Phi) is 4.61. The third-order valence-corrected chi connectivity index (χ3v) is 5.27. The summed E-state index contributed by atoms with van der Waals surface area (Å²) in [6.07, 6.45) is 0.989. The van der Waals surface area contributed by atoms with Crippen LogP contribution in [0.2, 0.25) is 0 Å². The molecule has 23 heavy (non-hydrogen) atoms. The summed E-state index contributed by atoms with van der Waals surface area (Å²) < 4.78 is 5.65. The molecule has 0 aliphatic carbocycles. The summed E-state index contributed by atoms with van der Waals surface area (Å²) in [5.74, 6) is 1.51. The summed E-state index contributed by atoms with van der Waals surface area (Å²) in [5, 5.41) is 10.1. The van der Waals surface area contributed by atoms with Crippen molar-refractivity contribution < 1.29 is 9.53 Å². The third kappa shape index (κ3) is 3.22. The molecule has 5 nitrogen and oxygen atoms in total. The van der Waals surface area contributed by atoms with E-state index in [-0.39, 0.29) is 16.4 Å². The average Bonchev–Trinajstić information content (AvgIpc) is 2.85. The van der Waals surface area contributed by atoms with E-state index in [0.717, 1.165) is 35.6 Å². The number of nitrogens with zero attached hydrogens (tertiary/aromatic N) is 1. The van der Waals surface area contributed by atoms with Gasteiger partial charge in [0.2, 0.25) is 5.91 Å². The Morgan fingerprint density at radius 3 is 2.74 bits per heavy atom. The molecule has 0 unspecified atom stereocenters. The number of nitrogens with one attached hydrogen (secondary N) is 2. The molecule has 1 aliphatic rings. The van der Waals surface area contributed by atoms with Gasteiger partial charge in [0.25, 0.3) is 0 Å². The molecule has 0 radical (unpaired) electrons. The number of hydrogen-bond donors (Lipinski definition) is 2. The smallest absolute Gasteiger partial charge is 0.238 e. The maximum Gasteiger partial charge on any atom is 0.238 e. The summed E-state index contributed by atoms with van der Waals surface area (Å²) in [4.78, 5) is 12.1. The number of anilines is 1. The van der Waals surface area contributed by atoms with Gasteiger partial charge in [0.15, 0.2) is 5.82 Å². The average molecular weight is 331 g/mol. The number of aromatic amines is 1. The number of thioether (sulfide) groups is 1. The Hall–Kier alpha value is -1.95. The second-order valence-electron chi connectivity index (χ2n) is 5.68. The molecule has 1 aromatic heterocycles. The highest BCUT2D eigenvalue weighted by Crippen LogP contribution is 2.44. The maximum absolute atomic E-state index is 12.1. The molecule has 0 bridgehead atoms. The largest absolute Gasteiger partial charge is 0.494 e. The first-order valence-electron chi connectivity index (χ1n) is 7.84. The number of fused-ring (bicyclic) bond motifs is 1. The van der Waals surface area contributed by atoms with Crippen LogP contribution < -0.4 is 10.1 Å². The van der Waals surface area contributed by atoms with Gasteiger partial charge in [-0.2, -0.15) is 5.10 Å². The molecule has 122 valence electrons. The van der Waals surface area contributed by atoms with Crippen LogP contribution in [0.1, 0.15) is 42.3 Å². The van der Waals surface area contributed by atoms with Crippen molar-refractivity contribution in [2.75, 3.05) is 11.9 Å². The molecule has 2 N–H and O–H groups in total. The molecule has 0 spiro atoms. The predicted octanol–water partition coefficient (Wildman–Crippen LogP) is 3.67. The van der Waals surface area contributed by atoms with E-state index in [0.29, 0.717) is 5.82 Å². The highest BCUT2D eigenvalue weighted by atomic mass is 32.2. The number of carbonyl (C=O) groups excluding carboxylic acids is 1. The van der Waals surface area contributed by atoms with E-state index in [1.54, 1.807) is 11.8 Å². The van der Waals surface area contributed by atoms with Crippen LogP contribution in [0, 0.1) is 6.92 Å². The molecule has 1 aliphatic heterocycles. The lowest BCUT2D eigenvalue weighted by Crippen LogP contribution is -2.21. The number of aryl methyl sites for hydroxylation is 1. The van der Waals surface area contributed by atoms with Gasteiger partial charge in [-0.15, -0.1) is 11.8 Å². The topological polar surface area (TPSA) is 67.0 Å². The van der Waals surface area contributed by atoms with Crippen LogP contribution in [0.4, 0.5) is 5.82 Å². The van der Waals surface area contributed by atoms with Crippen molar-refractivity contribution in [2.24, 2.45) is 0 Å². The molecule has 6 heteroatoms. The van der Waals surface area contributed by atoms with Crippen LogP contribution in [0.15, 0.2) is 24.3 Å². The minimum absolute atomic E-state index is 0.00634. The molecule has 0 saturated heterocycles. The van der Waals surface area contributed by atoms with Crippen LogP contribution in [-0.2, 0) is 4.79 Å². The van der Waals surface area contributed by atoms with Crippen molar-refractivity contribution in [3.05, 3.63) is 41.1 Å². The molecule has 1 aromatic carbocycles.